The lowest BCUT2D eigenvalue weighted by atomic mass is 10.2. The van der Waals surface area contributed by atoms with Crippen molar-refractivity contribution in [1.29, 1.82) is 0 Å². The standard InChI is InChI=1S/C15H34N4/c1-6-9-10-11-17-15(16-8-3)18-12-13-19(5)14(4)7-2/h14H,6-13H2,1-5H3,(H2,16,17,18). The van der Waals surface area contributed by atoms with E-state index in [4.69, 9.17) is 0 Å². The van der Waals surface area contributed by atoms with Crippen molar-refractivity contribution in [3.8, 4) is 0 Å². The first-order valence-corrected chi connectivity index (χ1v) is 7.88. The van der Waals surface area contributed by atoms with Gasteiger partial charge in [0.1, 0.15) is 0 Å². The highest BCUT2D eigenvalue weighted by atomic mass is 15.2. The van der Waals surface area contributed by atoms with E-state index in [1.165, 1.54) is 25.7 Å². The van der Waals surface area contributed by atoms with Crippen LogP contribution < -0.4 is 10.6 Å². The van der Waals surface area contributed by atoms with Crippen LogP contribution in [0.15, 0.2) is 4.99 Å². The summed E-state index contributed by atoms with van der Waals surface area (Å²) in [5, 5.41) is 6.70. The maximum absolute atomic E-state index is 4.59. The van der Waals surface area contributed by atoms with E-state index in [-0.39, 0.29) is 0 Å². The molecule has 4 nitrogen and oxygen atoms in total. The quantitative estimate of drug-likeness (QED) is 0.364. The molecule has 0 heterocycles. The minimum Gasteiger partial charge on any atom is -0.357 e. The highest BCUT2D eigenvalue weighted by molar-refractivity contribution is 5.79. The summed E-state index contributed by atoms with van der Waals surface area (Å²) < 4.78 is 0. The normalized spacial score (nSPS) is 13.7. The van der Waals surface area contributed by atoms with Crippen LogP contribution in [0.1, 0.15) is 53.4 Å². The molecular weight excluding hydrogens is 236 g/mol. The van der Waals surface area contributed by atoms with Crippen molar-refractivity contribution in [2.75, 3.05) is 33.2 Å². The van der Waals surface area contributed by atoms with Crippen LogP contribution in [0.2, 0.25) is 0 Å². The molecule has 1 unspecified atom stereocenters. The minimum absolute atomic E-state index is 0.644. The Balaban J connectivity index is 3.93. The first-order chi connectivity index (χ1) is 9.15. The molecule has 0 radical (unpaired) electrons. The molecule has 0 saturated heterocycles. The van der Waals surface area contributed by atoms with Crippen molar-refractivity contribution < 1.29 is 0 Å². The van der Waals surface area contributed by atoms with Crippen molar-refractivity contribution in [1.82, 2.24) is 15.5 Å². The van der Waals surface area contributed by atoms with Gasteiger partial charge in [-0.15, -0.1) is 0 Å². The molecule has 0 aromatic rings. The second-order valence-corrected chi connectivity index (χ2v) is 5.13. The Morgan fingerprint density at radius 1 is 1.16 bits per heavy atom. The Hall–Kier alpha value is -0.770. The maximum Gasteiger partial charge on any atom is 0.191 e. The fourth-order valence-electron chi connectivity index (χ4n) is 1.78. The van der Waals surface area contributed by atoms with Crippen molar-refractivity contribution in [3.63, 3.8) is 0 Å². The topological polar surface area (TPSA) is 39.7 Å². The van der Waals surface area contributed by atoms with Crippen molar-refractivity contribution >= 4 is 5.96 Å². The molecule has 0 rings (SSSR count). The zero-order chi connectivity index (χ0) is 14.5. The molecule has 0 amide bonds. The van der Waals surface area contributed by atoms with E-state index in [1.807, 2.05) is 0 Å². The molecular formula is C15H34N4. The number of nitrogens with one attached hydrogen (secondary N) is 2. The van der Waals surface area contributed by atoms with Gasteiger partial charge in [-0.05, 0) is 33.7 Å². The monoisotopic (exact) mass is 270 g/mol. The molecule has 0 bridgehead atoms. The van der Waals surface area contributed by atoms with Crippen LogP contribution in [0, 0.1) is 0 Å². The molecule has 0 aliphatic carbocycles. The number of likely N-dealkylation sites (N-methyl/N-ethyl adjacent to an activating group) is 1. The van der Waals surface area contributed by atoms with E-state index in [9.17, 15) is 0 Å². The van der Waals surface area contributed by atoms with Crippen LogP contribution in [0.5, 0.6) is 0 Å². The van der Waals surface area contributed by atoms with E-state index in [2.05, 4.69) is 55.3 Å². The summed E-state index contributed by atoms with van der Waals surface area (Å²) in [6.45, 7) is 12.7. The van der Waals surface area contributed by atoms with Gasteiger partial charge in [-0.3, -0.25) is 4.99 Å². The van der Waals surface area contributed by atoms with E-state index >= 15 is 0 Å². The second kappa shape index (κ2) is 12.3. The van der Waals surface area contributed by atoms with Gasteiger partial charge in [-0.1, -0.05) is 26.7 Å². The largest absolute Gasteiger partial charge is 0.357 e. The van der Waals surface area contributed by atoms with Crippen molar-refractivity contribution in [2.24, 2.45) is 4.99 Å². The molecule has 0 fully saturated rings. The van der Waals surface area contributed by atoms with E-state index in [0.717, 1.165) is 32.1 Å². The Morgan fingerprint density at radius 3 is 2.47 bits per heavy atom. The molecule has 0 saturated carbocycles. The number of aliphatic imine (C=N–C) groups is 1. The van der Waals surface area contributed by atoms with Gasteiger partial charge < -0.3 is 15.5 Å². The molecule has 0 spiro atoms. The van der Waals surface area contributed by atoms with Crippen LogP contribution in [-0.2, 0) is 0 Å². The summed E-state index contributed by atoms with van der Waals surface area (Å²) >= 11 is 0. The van der Waals surface area contributed by atoms with E-state index < -0.39 is 0 Å². The molecule has 114 valence electrons. The van der Waals surface area contributed by atoms with Crippen molar-refractivity contribution in [3.05, 3.63) is 0 Å². The van der Waals surface area contributed by atoms with Gasteiger partial charge in [-0.2, -0.15) is 0 Å². The molecule has 2 N–H and O–H groups in total. The van der Waals surface area contributed by atoms with Crippen LogP contribution in [0.3, 0.4) is 0 Å². The molecule has 4 heteroatoms. The number of hydrogen-bond acceptors (Lipinski definition) is 2. The highest BCUT2D eigenvalue weighted by Gasteiger charge is 2.05. The predicted molar refractivity (Wildman–Crippen MR) is 85.9 cm³/mol. The van der Waals surface area contributed by atoms with Crippen LogP contribution in [0.25, 0.3) is 0 Å². The molecule has 0 aliphatic heterocycles. The lowest BCUT2D eigenvalue weighted by Crippen LogP contribution is -2.42. The minimum atomic E-state index is 0.644. The summed E-state index contributed by atoms with van der Waals surface area (Å²) in [4.78, 5) is 6.97. The fraction of sp³-hybridized carbons (Fsp3) is 0.933. The molecule has 19 heavy (non-hydrogen) atoms. The molecule has 0 aliphatic rings. The summed E-state index contributed by atoms with van der Waals surface area (Å²) in [6.07, 6.45) is 4.89. The third kappa shape index (κ3) is 9.77. The molecule has 1 atom stereocenters. The zero-order valence-electron chi connectivity index (χ0n) is 13.6. The first kappa shape index (κ1) is 18.2. The summed E-state index contributed by atoms with van der Waals surface area (Å²) in [6, 6.07) is 0.644. The SMILES string of the molecule is CCCCCN=C(NCC)NCCN(C)C(C)CC. The van der Waals surface area contributed by atoms with Crippen LogP contribution >= 0.6 is 0 Å². The lowest BCUT2D eigenvalue weighted by molar-refractivity contribution is 0.255. The van der Waals surface area contributed by atoms with Gasteiger partial charge in [0.05, 0.1) is 0 Å². The number of rotatable bonds is 10. The van der Waals surface area contributed by atoms with Gasteiger partial charge >= 0.3 is 0 Å². The summed E-state index contributed by atoms with van der Waals surface area (Å²) in [7, 11) is 2.18. The van der Waals surface area contributed by atoms with Gasteiger partial charge in [0, 0.05) is 32.2 Å². The summed E-state index contributed by atoms with van der Waals surface area (Å²) in [5.41, 5.74) is 0. The smallest absolute Gasteiger partial charge is 0.191 e. The summed E-state index contributed by atoms with van der Waals surface area (Å²) in [5.74, 6) is 0.955. The van der Waals surface area contributed by atoms with E-state index in [1.54, 1.807) is 0 Å². The number of nitrogens with zero attached hydrogens (tertiary/aromatic N) is 2. The molecule has 0 aromatic carbocycles. The third-order valence-corrected chi connectivity index (χ3v) is 3.48. The van der Waals surface area contributed by atoms with Gasteiger partial charge in [0.2, 0.25) is 0 Å². The van der Waals surface area contributed by atoms with Gasteiger partial charge in [0.15, 0.2) is 5.96 Å². The predicted octanol–water partition coefficient (Wildman–Crippen LogP) is 2.46. The highest BCUT2D eigenvalue weighted by Crippen LogP contribution is 1.98. The first-order valence-electron chi connectivity index (χ1n) is 7.88. The van der Waals surface area contributed by atoms with Gasteiger partial charge in [0.25, 0.3) is 0 Å². The number of hydrogen-bond donors (Lipinski definition) is 2. The Bertz CT molecular complexity index is 228. The Labute approximate surface area is 120 Å². The Kier molecular flexibility index (Phi) is 11.8. The second-order valence-electron chi connectivity index (χ2n) is 5.13. The maximum atomic E-state index is 4.59. The number of guanidine groups is 1. The van der Waals surface area contributed by atoms with Crippen LogP contribution in [0.4, 0.5) is 0 Å². The van der Waals surface area contributed by atoms with Crippen molar-refractivity contribution in [2.45, 2.75) is 59.4 Å². The number of unbranched alkanes of at least 4 members (excludes halogenated alkanes) is 2. The fourth-order valence-corrected chi connectivity index (χ4v) is 1.78. The Morgan fingerprint density at radius 2 is 1.89 bits per heavy atom. The van der Waals surface area contributed by atoms with Crippen LogP contribution in [-0.4, -0.2) is 50.1 Å². The van der Waals surface area contributed by atoms with E-state index in [0.29, 0.717) is 6.04 Å². The average molecular weight is 270 g/mol. The van der Waals surface area contributed by atoms with Gasteiger partial charge in [-0.25, -0.2) is 0 Å². The third-order valence-electron chi connectivity index (χ3n) is 3.48. The molecule has 0 aromatic heterocycles. The average Bonchev–Trinajstić information content (AvgIpc) is 2.42. The lowest BCUT2D eigenvalue weighted by Gasteiger charge is -2.24. The zero-order valence-corrected chi connectivity index (χ0v) is 13.6.